The maximum Gasteiger partial charge on any atom is 0.273 e. The van der Waals surface area contributed by atoms with Crippen LogP contribution in [0.15, 0.2) is 48.5 Å². The fourth-order valence-electron chi connectivity index (χ4n) is 2.76. The maximum absolute atomic E-state index is 12.4. The molecule has 0 aromatic heterocycles. The van der Waals surface area contributed by atoms with E-state index in [0.717, 1.165) is 5.56 Å². The number of rotatable bonds is 8. The van der Waals surface area contributed by atoms with Crippen molar-refractivity contribution in [3.05, 3.63) is 75.3 Å². The Bertz CT molecular complexity index is 731. The van der Waals surface area contributed by atoms with Crippen molar-refractivity contribution in [2.24, 2.45) is 0 Å². The third kappa shape index (κ3) is 4.87. The number of aliphatic hydroxyl groups is 1. The lowest BCUT2D eigenvalue weighted by molar-refractivity contribution is -0.385. The van der Waals surface area contributed by atoms with Gasteiger partial charge in [-0.1, -0.05) is 43.3 Å². The number of aryl methyl sites for hydroxylation is 1. The van der Waals surface area contributed by atoms with Crippen molar-refractivity contribution < 1.29 is 14.8 Å². The Balaban J connectivity index is 2.10. The number of nitro groups is 1. The highest BCUT2D eigenvalue weighted by atomic mass is 16.6. The van der Waals surface area contributed by atoms with Crippen LogP contribution in [0.2, 0.25) is 0 Å². The minimum Gasteiger partial charge on any atom is -0.396 e. The summed E-state index contributed by atoms with van der Waals surface area (Å²) in [6.45, 7) is 2.21. The first-order valence-corrected chi connectivity index (χ1v) is 8.28. The highest BCUT2D eigenvalue weighted by Crippen LogP contribution is 2.22. The Hall–Kier alpha value is -2.73. The van der Waals surface area contributed by atoms with E-state index in [9.17, 15) is 20.0 Å². The fraction of sp³-hybridized carbons (Fsp3) is 0.316. The number of nitrogens with one attached hydrogen (secondary N) is 1. The topological polar surface area (TPSA) is 92.5 Å². The van der Waals surface area contributed by atoms with Crippen molar-refractivity contribution >= 4 is 11.6 Å². The molecule has 2 rings (SSSR count). The summed E-state index contributed by atoms with van der Waals surface area (Å²) in [5.41, 5.74) is 1.86. The lowest BCUT2D eigenvalue weighted by Gasteiger charge is -2.17. The summed E-state index contributed by atoms with van der Waals surface area (Å²) >= 11 is 0. The first kappa shape index (κ1) is 18.6. The van der Waals surface area contributed by atoms with Crippen molar-refractivity contribution in [1.82, 2.24) is 5.32 Å². The van der Waals surface area contributed by atoms with E-state index in [2.05, 4.69) is 5.32 Å². The molecule has 0 saturated carbocycles. The SMILES string of the molecule is CCc1ccc(C(=O)NCC(CCO)c2ccccc2)cc1[N+](=O)[O-]. The Morgan fingerprint density at radius 1 is 1.24 bits per heavy atom. The highest BCUT2D eigenvalue weighted by Gasteiger charge is 2.18. The number of carbonyl (C=O) groups is 1. The second-order valence-electron chi connectivity index (χ2n) is 5.78. The average Bonchev–Trinajstić information content (AvgIpc) is 2.64. The van der Waals surface area contributed by atoms with Crippen LogP contribution in [0.1, 0.15) is 40.7 Å². The predicted molar refractivity (Wildman–Crippen MR) is 95.7 cm³/mol. The largest absolute Gasteiger partial charge is 0.396 e. The number of benzene rings is 2. The third-order valence-corrected chi connectivity index (χ3v) is 4.18. The molecule has 0 aliphatic heterocycles. The molecular weight excluding hydrogens is 320 g/mol. The first-order chi connectivity index (χ1) is 12.1. The normalized spacial score (nSPS) is 11.8. The number of carbonyl (C=O) groups excluding carboxylic acids is 1. The van der Waals surface area contributed by atoms with Gasteiger partial charge in [0.2, 0.25) is 0 Å². The van der Waals surface area contributed by atoms with Crippen molar-refractivity contribution in [1.29, 1.82) is 0 Å². The number of amides is 1. The molecule has 25 heavy (non-hydrogen) atoms. The van der Waals surface area contributed by atoms with Gasteiger partial charge in [-0.2, -0.15) is 0 Å². The van der Waals surface area contributed by atoms with E-state index in [-0.39, 0.29) is 29.7 Å². The van der Waals surface area contributed by atoms with E-state index >= 15 is 0 Å². The predicted octanol–water partition coefficient (Wildman–Crippen LogP) is 3.05. The summed E-state index contributed by atoms with van der Waals surface area (Å²) in [4.78, 5) is 23.0. The first-order valence-electron chi connectivity index (χ1n) is 8.28. The summed E-state index contributed by atoms with van der Waals surface area (Å²) in [5.74, 6) is -0.371. The molecule has 0 heterocycles. The second-order valence-corrected chi connectivity index (χ2v) is 5.78. The van der Waals surface area contributed by atoms with Crippen LogP contribution in [0, 0.1) is 10.1 Å². The molecule has 1 unspecified atom stereocenters. The Kier molecular flexibility index (Phi) is 6.65. The number of nitro benzene ring substituents is 1. The highest BCUT2D eigenvalue weighted by molar-refractivity contribution is 5.95. The Morgan fingerprint density at radius 3 is 2.56 bits per heavy atom. The zero-order valence-electron chi connectivity index (χ0n) is 14.1. The number of hydrogen-bond acceptors (Lipinski definition) is 4. The molecule has 1 amide bonds. The van der Waals surface area contributed by atoms with Gasteiger partial charge >= 0.3 is 0 Å². The second kappa shape index (κ2) is 8.94. The van der Waals surface area contributed by atoms with E-state index in [1.807, 2.05) is 37.3 Å². The summed E-state index contributed by atoms with van der Waals surface area (Å²) in [6, 6.07) is 14.2. The van der Waals surface area contributed by atoms with Gasteiger partial charge in [0.25, 0.3) is 11.6 Å². The summed E-state index contributed by atoms with van der Waals surface area (Å²) in [7, 11) is 0. The standard InChI is InChI=1S/C19H22N2O4/c1-2-14-8-9-16(12-18(14)21(24)25)19(23)20-13-17(10-11-22)15-6-4-3-5-7-15/h3-9,12,17,22H,2,10-11,13H2,1H3,(H,20,23). The number of aliphatic hydroxyl groups excluding tert-OH is 1. The van der Waals surface area contributed by atoms with Gasteiger partial charge in [0, 0.05) is 36.3 Å². The zero-order valence-corrected chi connectivity index (χ0v) is 14.1. The monoisotopic (exact) mass is 342 g/mol. The zero-order chi connectivity index (χ0) is 18.2. The molecule has 6 nitrogen and oxygen atoms in total. The molecule has 2 aromatic rings. The molecule has 1 atom stereocenters. The van der Waals surface area contributed by atoms with E-state index in [1.165, 1.54) is 6.07 Å². The molecule has 0 bridgehead atoms. The van der Waals surface area contributed by atoms with E-state index in [0.29, 0.717) is 24.9 Å². The molecule has 132 valence electrons. The molecule has 2 N–H and O–H groups in total. The van der Waals surface area contributed by atoms with E-state index in [1.54, 1.807) is 12.1 Å². The molecule has 0 radical (unpaired) electrons. The summed E-state index contributed by atoms with van der Waals surface area (Å²) in [5, 5.41) is 23.2. The van der Waals surface area contributed by atoms with Crippen molar-refractivity contribution in [2.45, 2.75) is 25.7 Å². The molecule has 0 fully saturated rings. The lowest BCUT2D eigenvalue weighted by Crippen LogP contribution is -2.29. The quantitative estimate of drug-likeness (QED) is 0.569. The minimum absolute atomic E-state index is 0.0138. The molecule has 0 aliphatic carbocycles. The minimum atomic E-state index is -0.464. The lowest BCUT2D eigenvalue weighted by atomic mass is 9.96. The maximum atomic E-state index is 12.4. The van der Waals surface area contributed by atoms with Gasteiger partial charge in [-0.15, -0.1) is 0 Å². The molecular formula is C19H22N2O4. The van der Waals surface area contributed by atoms with Crippen LogP contribution in [0.4, 0.5) is 5.69 Å². The smallest absolute Gasteiger partial charge is 0.273 e. The van der Waals surface area contributed by atoms with Gasteiger partial charge in [0.05, 0.1) is 4.92 Å². The van der Waals surface area contributed by atoms with Crippen LogP contribution in [0.25, 0.3) is 0 Å². The molecule has 0 aliphatic rings. The Labute approximate surface area is 146 Å². The third-order valence-electron chi connectivity index (χ3n) is 4.18. The van der Waals surface area contributed by atoms with Crippen LogP contribution in [0.5, 0.6) is 0 Å². The summed E-state index contributed by atoms with van der Waals surface area (Å²) < 4.78 is 0. The Morgan fingerprint density at radius 2 is 1.96 bits per heavy atom. The van der Waals surface area contributed by atoms with E-state index in [4.69, 9.17) is 0 Å². The molecule has 0 spiro atoms. The molecule has 6 heteroatoms. The number of nitrogens with zero attached hydrogens (tertiary/aromatic N) is 1. The van der Waals surface area contributed by atoms with Gasteiger partial charge < -0.3 is 10.4 Å². The van der Waals surface area contributed by atoms with Crippen LogP contribution in [0.3, 0.4) is 0 Å². The molecule has 0 saturated heterocycles. The van der Waals surface area contributed by atoms with Crippen LogP contribution >= 0.6 is 0 Å². The van der Waals surface area contributed by atoms with Gasteiger partial charge in [-0.25, -0.2) is 0 Å². The van der Waals surface area contributed by atoms with Gasteiger partial charge in [-0.05, 0) is 24.5 Å². The van der Waals surface area contributed by atoms with Crippen LogP contribution in [-0.4, -0.2) is 29.1 Å². The van der Waals surface area contributed by atoms with E-state index < -0.39 is 4.92 Å². The van der Waals surface area contributed by atoms with Gasteiger partial charge in [0.15, 0.2) is 0 Å². The van der Waals surface area contributed by atoms with Gasteiger partial charge in [0.1, 0.15) is 0 Å². The summed E-state index contributed by atoms with van der Waals surface area (Å²) in [6.07, 6.45) is 1.06. The van der Waals surface area contributed by atoms with Crippen molar-refractivity contribution in [3.63, 3.8) is 0 Å². The van der Waals surface area contributed by atoms with Crippen molar-refractivity contribution in [3.8, 4) is 0 Å². The average molecular weight is 342 g/mol. The molecule has 2 aromatic carbocycles. The van der Waals surface area contributed by atoms with Crippen LogP contribution in [-0.2, 0) is 6.42 Å². The van der Waals surface area contributed by atoms with Crippen molar-refractivity contribution in [2.75, 3.05) is 13.2 Å². The fourth-order valence-corrected chi connectivity index (χ4v) is 2.76. The van der Waals surface area contributed by atoms with Gasteiger partial charge in [-0.3, -0.25) is 14.9 Å². The van der Waals surface area contributed by atoms with Crippen LogP contribution < -0.4 is 5.32 Å². The number of hydrogen-bond donors (Lipinski definition) is 2.